The highest BCUT2D eigenvalue weighted by atomic mass is 16.5. The largest absolute Gasteiger partial charge is 0.496 e. The van der Waals surface area contributed by atoms with E-state index in [1.807, 2.05) is 26.0 Å². The average molecular weight is 409 g/mol. The van der Waals surface area contributed by atoms with E-state index in [0.717, 1.165) is 11.1 Å². The molecule has 2 heterocycles. The number of piperidine rings is 1. The van der Waals surface area contributed by atoms with Crippen molar-refractivity contribution in [1.29, 1.82) is 0 Å². The highest BCUT2D eigenvalue weighted by Gasteiger charge is 2.44. The van der Waals surface area contributed by atoms with Gasteiger partial charge in [-0.05, 0) is 49.2 Å². The Hall–Kier alpha value is -3.02. The fourth-order valence-electron chi connectivity index (χ4n) is 4.37. The van der Waals surface area contributed by atoms with Crippen molar-refractivity contribution in [2.45, 2.75) is 38.7 Å². The van der Waals surface area contributed by atoms with Crippen molar-refractivity contribution in [2.75, 3.05) is 27.3 Å². The zero-order valence-corrected chi connectivity index (χ0v) is 17.9. The summed E-state index contributed by atoms with van der Waals surface area (Å²) in [6.45, 7) is 5.04. The Kier molecular flexibility index (Phi) is 5.18. The van der Waals surface area contributed by atoms with Gasteiger partial charge in [-0.2, -0.15) is 0 Å². The SMILES string of the molecule is COc1cccc(OC)c1C(=O)N1CCC2(CC1)CC(=O)c1cc(C)c(C)cc1O2. The van der Waals surface area contributed by atoms with Gasteiger partial charge in [0.15, 0.2) is 5.78 Å². The van der Waals surface area contributed by atoms with E-state index >= 15 is 0 Å². The quantitative estimate of drug-likeness (QED) is 0.768. The summed E-state index contributed by atoms with van der Waals surface area (Å²) < 4.78 is 17.2. The number of methoxy groups -OCH3 is 2. The monoisotopic (exact) mass is 409 g/mol. The molecule has 6 heteroatoms. The molecular weight excluding hydrogens is 382 g/mol. The summed E-state index contributed by atoms with van der Waals surface area (Å²) in [5.41, 5.74) is 2.74. The van der Waals surface area contributed by atoms with Crippen molar-refractivity contribution < 1.29 is 23.8 Å². The first-order valence-electron chi connectivity index (χ1n) is 10.2. The molecule has 0 unspecified atom stereocenters. The summed E-state index contributed by atoms with van der Waals surface area (Å²) in [6, 6.07) is 9.19. The highest BCUT2D eigenvalue weighted by molar-refractivity contribution is 6.01. The lowest BCUT2D eigenvalue weighted by Gasteiger charge is -2.44. The van der Waals surface area contributed by atoms with Gasteiger partial charge in [0, 0.05) is 25.9 Å². The molecule has 0 aromatic heterocycles. The minimum absolute atomic E-state index is 0.116. The van der Waals surface area contributed by atoms with E-state index in [-0.39, 0.29) is 11.7 Å². The van der Waals surface area contributed by atoms with Crippen LogP contribution >= 0.6 is 0 Å². The van der Waals surface area contributed by atoms with Gasteiger partial charge in [0.1, 0.15) is 28.4 Å². The van der Waals surface area contributed by atoms with Crippen LogP contribution in [0.2, 0.25) is 0 Å². The van der Waals surface area contributed by atoms with Gasteiger partial charge in [-0.1, -0.05) is 6.07 Å². The van der Waals surface area contributed by atoms with Crippen LogP contribution in [0, 0.1) is 13.8 Å². The van der Waals surface area contributed by atoms with Crippen LogP contribution in [-0.2, 0) is 0 Å². The Morgan fingerprint density at radius 1 is 1.03 bits per heavy atom. The van der Waals surface area contributed by atoms with E-state index in [4.69, 9.17) is 14.2 Å². The second-order valence-corrected chi connectivity index (χ2v) is 8.15. The van der Waals surface area contributed by atoms with Crippen molar-refractivity contribution in [3.63, 3.8) is 0 Å². The molecule has 4 rings (SSSR count). The molecule has 0 bridgehead atoms. The maximum Gasteiger partial charge on any atom is 0.261 e. The fraction of sp³-hybridized carbons (Fsp3) is 0.417. The molecule has 2 aliphatic heterocycles. The Morgan fingerprint density at radius 3 is 2.23 bits per heavy atom. The third-order valence-electron chi connectivity index (χ3n) is 6.31. The lowest BCUT2D eigenvalue weighted by molar-refractivity contribution is -0.00585. The zero-order chi connectivity index (χ0) is 21.5. The van der Waals surface area contributed by atoms with Gasteiger partial charge in [0.2, 0.25) is 0 Å². The molecule has 0 saturated carbocycles. The second-order valence-electron chi connectivity index (χ2n) is 8.15. The predicted molar refractivity (Wildman–Crippen MR) is 113 cm³/mol. The molecule has 0 aliphatic carbocycles. The number of carbonyl (C=O) groups is 2. The number of likely N-dealkylation sites (tertiary alicyclic amines) is 1. The smallest absolute Gasteiger partial charge is 0.261 e. The second kappa shape index (κ2) is 7.67. The number of aryl methyl sites for hydroxylation is 2. The maximum absolute atomic E-state index is 13.2. The van der Waals surface area contributed by atoms with Crippen LogP contribution in [0.1, 0.15) is 51.1 Å². The molecule has 1 fully saturated rings. The number of nitrogens with zero attached hydrogens (tertiary/aromatic N) is 1. The summed E-state index contributed by atoms with van der Waals surface area (Å²) in [5, 5.41) is 0. The van der Waals surface area contributed by atoms with E-state index in [1.54, 1.807) is 37.3 Å². The van der Waals surface area contributed by atoms with Gasteiger partial charge in [-0.15, -0.1) is 0 Å². The molecular formula is C24H27NO5. The Labute approximate surface area is 176 Å². The summed E-state index contributed by atoms with van der Waals surface area (Å²) in [4.78, 5) is 27.9. The third kappa shape index (κ3) is 3.40. The van der Waals surface area contributed by atoms with Crippen molar-refractivity contribution in [3.8, 4) is 17.2 Å². The number of hydrogen-bond acceptors (Lipinski definition) is 5. The van der Waals surface area contributed by atoms with E-state index < -0.39 is 5.60 Å². The molecule has 1 spiro atoms. The molecule has 2 aromatic rings. The molecule has 0 radical (unpaired) electrons. The number of rotatable bonds is 3. The molecule has 158 valence electrons. The summed E-state index contributed by atoms with van der Waals surface area (Å²) in [6.07, 6.45) is 1.56. The Bertz CT molecular complexity index is 983. The zero-order valence-electron chi connectivity index (χ0n) is 17.9. The number of Topliss-reactive ketones (excluding diaryl/α,β-unsaturated/α-hetero) is 1. The first-order chi connectivity index (χ1) is 14.4. The van der Waals surface area contributed by atoms with Crippen LogP contribution in [0.25, 0.3) is 0 Å². The molecule has 30 heavy (non-hydrogen) atoms. The number of hydrogen-bond donors (Lipinski definition) is 0. The first kappa shape index (κ1) is 20.3. The number of carbonyl (C=O) groups excluding carboxylic acids is 2. The highest BCUT2D eigenvalue weighted by Crippen LogP contribution is 2.41. The van der Waals surface area contributed by atoms with Crippen molar-refractivity contribution in [1.82, 2.24) is 4.90 Å². The number of amides is 1. The number of ether oxygens (including phenoxy) is 3. The van der Waals surface area contributed by atoms with Crippen molar-refractivity contribution >= 4 is 11.7 Å². The van der Waals surface area contributed by atoms with E-state index in [9.17, 15) is 9.59 Å². The number of benzene rings is 2. The van der Waals surface area contributed by atoms with E-state index in [2.05, 4.69) is 0 Å². The molecule has 1 saturated heterocycles. The molecule has 2 aliphatic rings. The molecule has 6 nitrogen and oxygen atoms in total. The lowest BCUT2D eigenvalue weighted by Crippen LogP contribution is -2.52. The molecule has 0 atom stereocenters. The van der Waals surface area contributed by atoms with Crippen LogP contribution in [0.4, 0.5) is 0 Å². The topological polar surface area (TPSA) is 65.1 Å². The molecule has 2 aromatic carbocycles. The van der Waals surface area contributed by atoms with Crippen LogP contribution in [0.15, 0.2) is 30.3 Å². The van der Waals surface area contributed by atoms with Gasteiger partial charge in [-0.3, -0.25) is 9.59 Å². The number of ketones is 1. The van der Waals surface area contributed by atoms with Crippen LogP contribution in [0.3, 0.4) is 0 Å². The Morgan fingerprint density at radius 2 is 1.63 bits per heavy atom. The van der Waals surface area contributed by atoms with Crippen LogP contribution in [0.5, 0.6) is 17.2 Å². The Balaban J connectivity index is 1.54. The summed E-state index contributed by atoms with van der Waals surface area (Å²) in [5.74, 6) is 1.63. The van der Waals surface area contributed by atoms with E-state index in [0.29, 0.717) is 60.7 Å². The maximum atomic E-state index is 13.2. The summed E-state index contributed by atoms with van der Waals surface area (Å²) >= 11 is 0. The fourth-order valence-corrected chi connectivity index (χ4v) is 4.37. The average Bonchev–Trinajstić information content (AvgIpc) is 2.74. The van der Waals surface area contributed by atoms with Crippen LogP contribution < -0.4 is 14.2 Å². The van der Waals surface area contributed by atoms with Gasteiger partial charge in [0.25, 0.3) is 5.91 Å². The molecule has 0 N–H and O–H groups in total. The van der Waals surface area contributed by atoms with Crippen LogP contribution in [-0.4, -0.2) is 49.5 Å². The van der Waals surface area contributed by atoms with Gasteiger partial charge in [0.05, 0.1) is 26.2 Å². The predicted octanol–water partition coefficient (Wildman–Crippen LogP) is 3.96. The third-order valence-corrected chi connectivity index (χ3v) is 6.31. The normalized spacial score (nSPS) is 17.3. The van der Waals surface area contributed by atoms with E-state index in [1.165, 1.54) is 0 Å². The van der Waals surface area contributed by atoms with Gasteiger partial charge >= 0.3 is 0 Å². The summed E-state index contributed by atoms with van der Waals surface area (Å²) in [7, 11) is 3.08. The van der Waals surface area contributed by atoms with Gasteiger partial charge in [-0.25, -0.2) is 0 Å². The van der Waals surface area contributed by atoms with Gasteiger partial charge < -0.3 is 19.1 Å². The first-order valence-corrected chi connectivity index (χ1v) is 10.2. The lowest BCUT2D eigenvalue weighted by atomic mass is 9.81. The molecule has 1 amide bonds. The minimum Gasteiger partial charge on any atom is -0.496 e. The minimum atomic E-state index is -0.548. The van der Waals surface area contributed by atoms with Crippen molar-refractivity contribution in [3.05, 3.63) is 52.6 Å². The van der Waals surface area contributed by atoms with Crippen molar-refractivity contribution in [2.24, 2.45) is 0 Å². The number of fused-ring (bicyclic) bond motifs is 1. The standard InChI is InChI=1S/C24H27NO5/c1-15-12-17-18(26)14-24(30-21(17)13-16(15)2)8-10-25(11-9-24)23(27)22-19(28-3)6-5-7-20(22)29-4/h5-7,12-13H,8-11,14H2,1-4H3.